The fraction of sp³-hybridized carbons (Fsp3) is 0.692. The highest BCUT2D eigenvalue weighted by molar-refractivity contribution is 5.73. The maximum absolute atomic E-state index is 11.2. The van der Waals surface area contributed by atoms with E-state index in [0.29, 0.717) is 6.47 Å². The smallest absolute Gasteiger partial charge is 0.309 e. The van der Waals surface area contributed by atoms with E-state index in [0.717, 1.165) is 77.0 Å². The minimum atomic E-state index is -0.700. The van der Waals surface area contributed by atoms with Gasteiger partial charge in [0.15, 0.2) is 0 Å². The number of benzene rings is 1. The molecule has 1 aromatic carbocycles. The van der Waals surface area contributed by atoms with Gasteiger partial charge in [0.25, 0.3) is 6.47 Å². The summed E-state index contributed by atoms with van der Waals surface area (Å²) in [4.78, 5) is 21.8. The number of carbonyl (C=O) groups is 2. The van der Waals surface area contributed by atoms with Crippen LogP contribution in [0.5, 0.6) is 0 Å². The molecule has 0 amide bonds. The van der Waals surface area contributed by atoms with E-state index in [9.17, 15) is 14.7 Å². The SMILES string of the molecule is Cc1cc(CCCCC2(OC=O)CC2)cc(CCCCCCC(C)(C)C(=O)O)c1C. The number of aliphatic carboxylic acids is 1. The summed E-state index contributed by atoms with van der Waals surface area (Å²) >= 11 is 0. The first-order chi connectivity index (χ1) is 14.2. The Kier molecular flexibility index (Phi) is 8.93. The molecule has 0 aliphatic heterocycles. The quantitative estimate of drug-likeness (QED) is 0.268. The molecule has 168 valence electrons. The Morgan fingerprint density at radius 1 is 1.07 bits per heavy atom. The summed E-state index contributed by atoms with van der Waals surface area (Å²) in [6.45, 7) is 8.65. The van der Waals surface area contributed by atoms with Crippen molar-refractivity contribution in [1.82, 2.24) is 0 Å². The third-order valence-corrected chi connectivity index (χ3v) is 6.87. The summed E-state index contributed by atoms with van der Waals surface area (Å²) in [5, 5.41) is 9.20. The van der Waals surface area contributed by atoms with Gasteiger partial charge in [0.1, 0.15) is 5.60 Å². The molecule has 0 saturated heterocycles. The number of carboxylic acids is 1. The molecule has 1 aliphatic carbocycles. The normalized spacial score (nSPS) is 15.1. The number of carboxylic acid groups (broad SMARTS) is 1. The zero-order chi connectivity index (χ0) is 22.2. The van der Waals surface area contributed by atoms with Crippen LogP contribution in [0.2, 0.25) is 0 Å². The molecular weight excluding hydrogens is 376 g/mol. The number of hydrogen-bond donors (Lipinski definition) is 1. The predicted molar refractivity (Wildman–Crippen MR) is 121 cm³/mol. The molecule has 0 bridgehead atoms. The van der Waals surface area contributed by atoms with E-state index >= 15 is 0 Å². The minimum Gasteiger partial charge on any atom is -0.481 e. The van der Waals surface area contributed by atoms with Gasteiger partial charge in [-0.1, -0.05) is 31.4 Å². The lowest BCUT2D eigenvalue weighted by molar-refractivity contribution is -0.147. The predicted octanol–water partition coefficient (Wildman–Crippen LogP) is 6.33. The highest BCUT2D eigenvalue weighted by Gasteiger charge is 2.44. The molecule has 0 heterocycles. The molecule has 2 rings (SSSR count). The molecule has 4 nitrogen and oxygen atoms in total. The van der Waals surface area contributed by atoms with Crippen molar-refractivity contribution < 1.29 is 19.4 Å². The lowest BCUT2D eigenvalue weighted by Crippen LogP contribution is -2.23. The summed E-state index contributed by atoms with van der Waals surface area (Å²) in [6, 6.07) is 4.70. The van der Waals surface area contributed by atoms with Crippen LogP contribution >= 0.6 is 0 Å². The first-order valence-corrected chi connectivity index (χ1v) is 11.6. The van der Waals surface area contributed by atoms with Gasteiger partial charge in [-0.3, -0.25) is 9.59 Å². The number of hydrogen-bond acceptors (Lipinski definition) is 3. The van der Waals surface area contributed by atoms with E-state index in [1.54, 1.807) is 0 Å². The van der Waals surface area contributed by atoms with Crippen LogP contribution in [-0.2, 0) is 27.2 Å². The zero-order valence-corrected chi connectivity index (χ0v) is 19.4. The summed E-state index contributed by atoms with van der Waals surface area (Å²) in [7, 11) is 0. The van der Waals surface area contributed by atoms with Gasteiger partial charge in [-0.05, 0) is 108 Å². The maximum atomic E-state index is 11.2. The minimum absolute atomic E-state index is 0.129. The van der Waals surface area contributed by atoms with Crippen molar-refractivity contribution in [3.05, 3.63) is 34.4 Å². The molecule has 0 unspecified atom stereocenters. The second-order valence-corrected chi connectivity index (χ2v) is 9.90. The van der Waals surface area contributed by atoms with Gasteiger partial charge in [0.2, 0.25) is 0 Å². The van der Waals surface area contributed by atoms with Crippen molar-refractivity contribution in [2.24, 2.45) is 5.41 Å². The van der Waals surface area contributed by atoms with E-state index in [-0.39, 0.29) is 5.60 Å². The van der Waals surface area contributed by atoms with Gasteiger partial charge in [-0.2, -0.15) is 0 Å². The first-order valence-electron chi connectivity index (χ1n) is 11.6. The zero-order valence-electron chi connectivity index (χ0n) is 19.4. The molecule has 4 heteroatoms. The first kappa shape index (κ1) is 24.4. The second-order valence-electron chi connectivity index (χ2n) is 9.90. The average molecular weight is 417 g/mol. The Labute approximate surface area is 182 Å². The van der Waals surface area contributed by atoms with Gasteiger partial charge in [0.05, 0.1) is 5.41 Å². The van der Waals surface area contributed by atoms with E-state index in [1.165, 1.54) is 22.3 Å². The lowest BCUT2D eigenvalue weighted by atomic mass is 9.87. The maximum Gasteiger partial charge on any atom is 0.309 e. The molecule has 1 aromatic rings. The summed E-state index contributed by atoms with van der Waals surface area (Å²) in [5.74, 6) is -0.700. The van der Waals surface area contributed by atoms with Crippen molar-refractivity contribution in [1.29, 1.82) is 0 Å². The molecule has 1 N–H and O–H groups in total. The van der Waals surface area contributed by atoms with Crippen LogP contribution in [0.3, 0.4) is 0 Å². The van der Waals surface area contributed by atoms with Crippen LogP contribution in [0.15, 0.2) is 12.1 Å². The fourth-order valence-electron chi connectivity index (χ4n) is 4.20. The molecule has 1 fully saturated rings. The average Bonchev–Trinajstić information content (AvgIpc) is 3.45. The van der Waals surface area contributed by atoms with Gasteiger partial charge >= 0.3 is 5.97 Å². The van der Waals surface area contributed by atoms with Crippen LogP contribution in [0.1, 0.15) is 100 Å². The van der Waals surface area contributed by atoms with Gasteiger partial charge in [-0.25, -0.2) is 0 Å². The van der Waals surface area contributed by atoms with Crippen molar-refractivity contribution in [3.63, 3.8) is 0 Å². The Balaban J connectivity index is 1.73. The van der Waals surface area contributed by atoms with Crippen molar-refractivity contribution >= 4 is 12.4 Å². The molecule has 30 heavy (non-hydrogen) atoms. The second kappa shape index (κ2) is 11.0. The van der Waals surface area contributed by atoms with Crippen LogP contribution in [-0.4, -0.2) is 23.1 Å². The summed E-state index contributed by atoms with van der Waals surface area (Å²) in [5.41, 5.74) is 4.91. The van der Waals surface area contributed by atoms with Crippen molar-refractivity contribution in [2.75, 3.05) is 0 Å². The van der Waals surface area contributed by atoms with Gasteiger partial charge in [-0.15, -0.1) is 0 Å². The molecule has 0 radical (unpaired) electrons. The summed E-state index contributed by atoms with van der Waals surface area (Å²) in [6.07, 6.45) is 12.6. The fourth-order valence-corrected chi connectivity index (χ4v) is 4.20. The molecule has 1 saturated carbocycles. The lowest BCUT2D eigenvalue weighted by Gasteiger charge is -2.18. The number of carbonyl (C=O) groups excluding carboxylic acids is 1. The molecule has 0 spiro atoms. The number of aryl methyl sites for hydroxylation is 3. The standard InChI is InChI=1S/C26H40O4/c1-20-17-22(11-8-10-14-26(15-16-26)30-19-27)18-23(21(20)2)12-7-5-6-9-13-25(3,4)24(28)29/h17-19H,5-16H2,1-4H3,(H,28,29). The Hall–Kier alpha value is -1.84. The van der Waals surface area contributed by atoms with Gasteiger partial charge < -0.3 is 9.84 Å². The van der Waals surface area contributed by atoms with E-state index in [1.807, 2.05) is 13.8 Å². The molecular formula is C26H40O4. The highest BCUT2D eigenvalue weighted by atomic mass is 16.5. The monoisotopic (exact) mass is 416 g/mol. The number of unbranched alkanes of at least 4 members (excludes halogenated alkanes) is 4. The van der Waals surface area contributed by atoms with Gasteiger partial charge in [0, 0.05) is 0 Å². The molecule has 1 aliphatic rings. The summed E-state index contributed by atoms with van der Waals surface area (Å²) < 4.78 is 5.24. The van der Waals surface area contributed by atoms with E-state index in [2.05, 4.69) is 26.0 Å². The van der Waals surface area contributed by atoms with Crippen molar-refractivity contribution in [2.45, 2.75) is 110 Å². The Morgan fingerprint density at radius 2 is 1.73 bits per heavy atom. The Bertz CT molecular complexity index is 716. The Morgan fingerprint density at radius 3 is 2.37 bits per heavy atom. The molecule has 0 aromatic heterocycles. The highest BCUT2D eigenvalue weighted by Crippen LogP contribution is 2.43. The third kappa shape index (κ3) is 7.45. The van der Waals surface area contributed by atoms with Crippen molar-refractivity contribution in [3.8, 4) is 0 Å². The topological polar surface area (TPSA) is 63.6 Å². The number of ether oxygens (including phenoxy) is 1. The van der Waals surface area contributed by atoms with Crippen LogP contribution in [0, 0.1) is 19.3 Å². The third-order valence-electron chi connectivity index (χ3n) is 6.87. The number of rotatable bonds is 15. The van der Waals surface area contributed by atoms with Crippen LogP contribution in [0.25, 0.3) is 0 Å². The largest absolute Gasteiger partial charge is 0.481 e. The molecule has 0 atom stereocenters. The van der Waals surface area contributed by atoms with E-state index in [4.69, 9.17) is 4.74 Å². The van der Waals surface area contributed by atoms with E-state index < -0.39 is 11.4 Å². The van der Waals surface area contributed by atoms with Crippen LogP contribution in [0.4, 0.5) is 0 Å². The van der Waals surface area contributed by atoms with Crippen LogP contribution < -0.4 is 0 Å².